The number of nitrogens with zero attached hydrogens (tertiary/aromatic N) is 1. The number of ketones is 1. The predicted molar refractivity (Wildman–Crippen MR) is 152 cm³/mol. The van der Waals surface area contributed by atoms with Gasteiger partial charge in [-0.3, -0.25) is 18.6 Å². The second-order valence-corrected chi connectivity index (χ2v) is 13.5. The predicted octanol–water partition coefficient (Wildman–Crippen LogP) is 4.58. The summed E-state index contributed by atoms with van der Waals surface area (Å²) in [6.07, 6.45) is 0.0951. The third-order valence-electron chi connectivity index (χ3n) is 6.54. The fraction of sp³-hybridized carbons (Fsp3) is 0.346. The molecule has 0 fully saturated rings. The number of carboxylic acids is 1. The fourth-order valence-corrected chi connectivity index (χ4v) is 6.41. The van der Waals surface area contributed by atoms with Crippen LogP contribution in [0, 0.1) is 5.92 Å². The van der Waals surface area contributed by atoms with E-state index in [9.17, 15) is 37.3 Å². The van der Waals surface area contributed by atoms with E-state index in [2.05, 4.69) is 14.4 Å². The highest BCUT2D eigenvalue weighted by Crippen LogP contribution is 2.57. The van der Waals surface area contributed by atoms with Gasteiger partial charge in [0.2, 0.25) is 15.8 Å². The molecular weight excluding hydrogens is 562 g/mol. The second kappa shape index (κ2) is 10.5. The maximum Gasteiger partial charge on any atom is 0.332 e. The molecule has 14 heteroatoms. The van der Waals surface area contributed by atoms with Crippen molar-refractivity contribution in [2.45, 2.75) is 50.2 Å². The third kappa shape index (κ3) is 5.58. The molecule has 6 N–H and O–H groups in total. The highest BCUT2D eigenvalue weighted by atomic mass is 32.3. The van der Waals surface area contributed by atoms with Crippen molar-refractivity contribution >= 4 is 55.5 Å². The van der Waals surface area contributed by atoms with Crippen LogP contribution in [0.4, 0.5) is 11.4 Å². The van der Waals surface area contributed by atoms with Gasteiger partial charge in [-0.25, -0.2) is 13.2 Å². The number of benzene rings is 2. The Kier molecular flexibility index (Phi) is 7.77. The summed E-state index contributed by atoms with van der Waals surface area (Å²) in [5.74, 6) is -2.81. The molecule has 2 unspecified atom stereocenters. The Morgan fingerprint density at radius 1 is 1.18 bits per heavy atom. The van der Waals surface area contributed by atoms with E-state index in [1.165, 1.54) is 25.1 Å². The first-order chi connectivity index (χ1) is 18.6. The zero-order chi connectivity index (χ0) is 29.6. The van der Waals surface area contributed by atoms with Crippen molar-refractivity contribution in [1.82, 2.24) is 0 Å². The summed E-state index contributed by atoms with van der Waals surface area (Å²) < 4.78 is 57.4. The van der Waals surface area contributed by atoms with Crippen molar-refractivity contribution in [2.75, 3.05) is 16.3 Å². The number of aliphatic hydroxyl groups excluding tert-OH is 1. The van der Waals surface area contributed by atoms with Crippen LogP contribution in [-0.4, -0.2) is 57.7 Å². The van der Waals surface area contributed by atoms with Gasteiger partial charge in [-0.1, -0.05) is 48.9 Å². The van der Waals surface area contributed by atoms with Crippen LogP contribution < -0.4 is 10.0 Å². The molecule has 2 atom stereocenters. The van der Waals surface area contributed by atoms with Gasteiger partial charge in [-0.2, -0.15) is 0 Å². The van der Waals surface area contributed by atoms with Crippen LogP contribution in [-0.2, 0) is 30.0 Å². The molecule has 0 bridgehead atoms. The normalized spacial score (nSPS) is 21.6. The minimum atomic E-state index is -3.98. The van der Waals surface area contributed by atoms with Crippen LogP contribution in [0.3, 0.4) is 0 Å². The zero-order valence-electron chi connectivity index (χ0n) is 22.2. The summed E-state index contributed by atoms with van der Waals surface area (Å²) in [6.45, 7) is 5.18. The van der Waals surface area contributed by atoms with Gasteiger partial charge in [0.1, 0.15) is 16.2 Å². The number of hydrogen-bond acceptors (Lipinski definition) is 10. The fourth-order valence-electron chi connectivity index (χ4n) is 4.66. The number of aliphatic carboxylic acids is 1. The van der Waals surface area contributed by atoms with Crippen molar-refractivity contribution in [3.63, 3.8) is 0 Å². The lowest BCUT2D eigenvalue weighted by Crippen LogP contribution is -2.48. The highest BCUT2D eigenvalue weighted by Gasteiger charge is 2.52. The Morgan fingerprint density at radius 3 is 2.48 bits per heavy atom. The van der Waals surface area contributed by atoms with Crippen LogP contribution in [0.5, 0.6) is 0 Å². The van der Waals surface area contributed by atoms with Crippen molar-refractivity contribution in [3.8, 4) is 0 Å². The summed E-state index contributed by atoms with van der Waals surface area (Å²) in [4.78, 5) is 26.0. The van der Waals surface area contributed by atoms with E-state index < -0.39 is 55.6 Å². The molecule has 4 rings (SSSR count). The topological polar surface area (TPSA) is 195 Å². The lowest BCUT2D eigenvalue weighted by molar-refractivity contribution is -0.170. The first kappa shape index (κ1) is 29.6. The number of hydrogen-bond donors (Lipinski definition) is 6. The second-order valence-electron chi connectivity index (χ2n) is 10.1. The van der Waals surface area contributed by atoms with Crippen LogP contribution in [0.1, 0.15) is 44.7 Å². The van der Waals surface area contributed by atoms with E-state index in [1.54, 1.807) is 24.3 Å². The molecule has 2 aliphatic rings. The summed E-state index contributed by atoms with van der Waals surface area (Å²) in [5, 5.41) is 23.8. The molecule has 1 aliphatic carbocycles. The molecule has 40 heavy (non-hydrogen) atoms. The largest absolute Gasteiger partial charge is 0.506 e. The van der Waals surface area contributed by atoms with E-state index in [1.807, 2.05) is 13.8 Å². The maximum absolute atomic E-state index is 14.3. The summed E-state index contributed by atoms with van der Waals surface area (Å²) in [7, 11) is -7.64. The number of Topliss-reactive ketones (excluding diaryl/α,β-unsaturated/α-hetero) is 1. The monoisotopic (exact) mass is 593 g/mol. The van der Waals surface area contributed by atoms with Crippen LogP contribution in [0.15, 0.2) is 57.3 Å². The van der Waals surface area contributed by atoms with Gasteiger partial charge in [0, 0.05) is 11.1 Å². The van der Waals surface area contributed by atoms with Gasteiger partial charge in [0.25, 0.3) is 0 Å². The van der Waals surface area contributed by atoms with E-state index >= 15 is 0 Å². The number of rotatable bonds is 9. The quantitative estimate of drug-likeness (QED) is 0.239. The standard InChI is InChI=1S/C26H31N3O9S2/c1-14(2)11-12-26(38-15(3)25(32)33)18-8-6-5-7-17(18)22(30)21(23(26)31)24-27-19-10-9-16(28-39(4,34)35)13-20(19)40(36,37)29-24/h5-10,13-15,28,30,36-37H,11-12H2,1-4H3,(H,27,29)(H,32,33). The lowest BCUT2D eigenvalue weighted by atomic mass is 9.73. The number of anilines is 2. The Hall–Kier alpha value is -3.43. The van der Waals surface area contributed by atoms with Gasteiger partial charge >= 0.3 is 5.97 Å². The maximum atomic E-state index is 14.3. The SMILES string of the molecule is CC(C)CCC1(OC(C)C(=O)O)C(=O)C(C2=NS(O)(O)c3cc(NS(C)(=O)=O)ccc3N2)=C(O)c2ccccc21. The Morgan fingerprint density at radius 2 is 1.85 bits per heavy atom. The van der Waals surface area contributed by atoms with Crippen LogP contribution >= 0.6 is 10.8 Å². The number of carbonyl (C=O) groups is 2. The van der Waals surface area contributed by atoms with Gasteiger partial charge < -0.3 is 20.3 Å². The Labute approximate surface area is 233 Å². The third-order valence-corrected chi connectivity index (χ3v) is 8.51. The smallest absolute Gasteiger partial charge is 0.332 e. The lowest BCUT2D eigenvalue weighted by Gasteiger charge is -2.41. The molecular formula is C26H31N3O9S2. The Balaban J connectivity index is 1.89. The zero-order valence-corrected chi connectivity index (χ0v) is 23.8. The van der Waals surface area contributed by atoms with E-state index in [4.69, 9.17) is 4.74 Å². The number of carbonyl (C=O) groups excluding carboxylic acids is 1. The average molecular weight is 594 g/mol. The molecule has 0 spiro atoms. The minimum Gasteiger partial charge on any atom is -0.506 e. The number of ether oxygens (including phenoxy) is 1. The number of nitrogens with one attached hydrogen (secondary N) is 2. The summed E-state index contributed by atoms with van der Waals surface area (Å²) in [5.41, 5.74) is -1.55. The average Bonchev–Trinajstić information content (AvgIpc) is 2.85. The van der Waals surface area contributed by atoms with E-state index in [-0.39, 0.29) is 45.6 Å². The van der Waals surface area contributed by atoms with Crippen molar-refractivity contribution in [3.05, 3.63) is 59.2 Å². The van der Waals surface area contributed by atoms with Crippen molar-refractivity contribution < 1.29 is 42.1 Å². The number of sulfonamides is 1. The van der Waals surface area contributed by atoms with E-state index in [0.29, 0.717) is 6.42 Å². The van der Waals surface area contributed by atoms with Gasteiger partial charge in [0.15, 0.2) is 17.5 Å². The summed E-state index contributed by atoms with van der Waals surface area (Å²) >= 11 is 0. The van der Waals surface area contributed by atoms with Crippen molar-refractivity contribution in [2.24, 2.45) is 10.3 Å². The van der Waals surface area contributed by atoms with Crippen LogP contribution in [0.25, 0.3) is 5.76 Å². The number of fused-ring (bicyclic) bond motifs is 2. The molecule has 12 nitrogen and oxygen atoms in total. The molecule has 0 saturated carbocycles. The van der Waals surface area contributed by atoms with Crippen LogP contribution in [0.2, 0.25) is 0 Å². The van der Waals surface area contributed by atoms with Gasteiger partial charge in [-0.15, -0.1) is 4.40 Å². The summed E-state index contributed by atoms with van der Waals surface area (Å²) in [6, 6.07) is 10.4. The molecule has 0 radical (unpaired) electrons. The molecule has 1 aliphatic heterocycles. The Bertz CT molecular complexity index is 1550. The minimum absolute atomic E-state index is 0.0650. The highest BCUT2D eigenvalue weighted by molar-refractivity contribution is 8.23. The molecule has 216 valence electrons. The first-order valence-electron chi connectivity index (χ1n) is 12.3. The number of amidine groups is 1. The molecule has 1 heterocycles. The number of carboxylic acid groups (broad SMARTS) is 1. The molecule has 2 aromatic carbocycles. The molecule has 2 aromatic rings. The van der Waals surface area contributed by atoms with Gasteiger partial charge in [0.05, 0.1) is 17.6 Å². The van der Waals surface area contributed by atoms with E-state index in [0.717, 1.165) is 6.26 Å². The number of aliphatic hydroxyl groups is 1. The first-order valence-corrected chi connectivity index (χ1v) is 15.7. The molecule has 0 saturated heterocycles. The molecule has 0 aromatic heterocycles. The van der Waals surface area contributed by atoms with Gasteiger partial charge in [-0.05, 0) is 43.9 Å². The molecule has 0 amide bonds. The van der Waals surface area contributed by atoms with Crippen molar-refractivity contribution in [1.29, 1.82) is 0 Å².